The number of hydrogen-bond acceptors (Lipinski definition) is 4. The quantitative estimate of drug-likeness (QED) is 0.384. The minimum absolute atomic E-state index is 0.279. The van der Waals surface area contributed by atoms with Crippen molar-refractivity contribution < 1.29 is 19.1 Å². The number of amides is 4. The van der Waals surface area contributed by atoms with Crippen molar-refractivity contribution in [1.82, 2.24) is 10.2 Å². The lowest BCUT2D eigenvalue weighted by Crippen LogP contribution is -2.48. The van der Waals surface area contributed by atoms with E-state index in [0.717, 1.165) is 12.8 Å². The average molecular weight is 499 g/mol. The molecule has 4 amide bonds. The van der Waals surface area contributed by atoms with Gasteiger partial charge in [-0.2, -0.15) is 0 Å². The standard InChI is InChI=1S/C26H31ClN4O4/c1-5-6-13-31-17(4)22(24(32)35-16(2)3)23(30-26(31)34)18-9-7-11-20(14-18)28-25(33)29-21-12-8-10-19(27)15-21/h7-12,14-16,23H,5-6,13H2,1-4H3,(H,30,34)(H2,28,29,33). The Labute approximate surface area is 210 Å². The molecule has 0 aromatic heterocycles. The number of urea groups is 2. The molecule has 1 unspecified atom stereocenters. The number of unbranched alkanes of at least 4 members (excludes halogenated alkanes) is 1. The molecule has 3 N–H and O–H groups in total. The van der Waals surface area contributed by atoms with Crippen LogP contribution in [0.3, 0.4) is 0 Å². The highest BCUT2D eigenvalue weighted by Crippen LogP contribution is 2.33. The van der Waals surface area contributed by atoms with Crippen LogP contribution in [-0.4, -0.2) is 35.6 Å². The molecular weight excluding hydrogens is 468 g/mol. The van der Waals surface area contributed by atoms with Crippen LogP contribution >= 0.6 is 11.6 Å². The zero-order valence-corrected chi connectivity index (χ0v) is 21.1. The molecule has 0 saturated carbocycles. The first-order valence-corrected chi connectivity index (χ1v) is 12.0. The van der Waals surface area contributed by atoms with Crippen LogP contribution in [-0.2, 0) is 9.53 Å². The number of ether oxygens (including phenoxy) is 1. The first-order valence-electron chi connectivity index (χ1n) is 11.6. The molecule has 8 nitrogen and oxygen atoms in total. The molecule has 1 aliphatic heterocycles. The Morgan fingerprint density at radius 1 is 1.11 bits per heavy atom. The molecule has 9 heteroatoms. The normalized spacial score (nSPS) is 15.7. The maximum atomic E-state index is 13.1. The predicted molar refractivity (Wildman–Crippen MR) is 137 cm³/mol. The van der Waals surface area contributed by atoms with Gasteiger partial charge < -0.3 is 20.7 Å². The molecule has 1 aliphatic rings. The largest absolute Gasteiger partial charge is 0.459 e. The average Bonchev–Trinajstić information content (AvgIpc) is 2.78. The van der Waals surface area contributed by atoms with Gasteiger partial charge in [-0.1, -0.05) is 43.1 Å². The first kappa shape index (κ1) is 26.1. The molecule has 1 atom stereocenters. The molecule has 2 aromatic carbocycles. The molecular formula is C26H31ClN4O4. The molecule has 1 heterocycles. The van der Waals surface area contributed by atoms with Crippen molar-refractivity contribution in [3.63, 3.8) is 0 Å². The van der Waals surface area contributed by atoms with E-state index < -0.39 is 18.0 Å². The zero-order chi connectivity index (χ0) is 25.5. The number of allylic oxidation sites excluding steroid dienone is 1. The van der Waals surface area contributed by atoms with E-state index in [1.165, 1.54) is 0 Å². The Balaban J connectivity index is 1.88. The van der Waals surface area contributed by atoms with Crippen LogP contribution in [0.1, 0.15) is 52.1 Å². The fraction of sp³-hybridized carbons (Fsp3) is 0.346. The predicted octanol–water partition coefficient (Wildman–Crippen LogP) is 6.08. The maximum absolute atomic E-state index is 13.1. The number of carbonyl (C=O) groups is 3. The van der Waals surface area contributed by atoms with Crippen LogP contribution in [0.2, 0.25) is 5.02 Å². The summed E-state index contributed by atoms with van der Waals surface area (Å²) in [6.45, 7) is 7.87. The first-order chi connectivity index (χ1) is 16.7. The number of esters is 1. The second-order valence-corrected chi connectivity index (χ2v) is 8.99. The summed E-state index contributed by atoms with van der Waals surface area (Å²) >= 11 is 5.98. The number of nitrogens with zero attached hydrogens (tertiary/aromatic N) is 1. The van der Waals surface area contributed by atoms with E-state index in [0.29, 0.717) is 39.8 Å². The van der Waals surface area contributed by atoms with E-state index in [1.54, 1.807) is 74.2 Å². The van der Waals surface area contributed by atoms with Gasteiger partial charge in [-0.3, -0.25) is 4.90 Å². The molecule has 0 aliphatic carbocycles. The molecule has 0 bridgehead atoms. The highest BCUT2D eigenvalue weighted by Gasteiger charge is 2.36. The van der Waals surface area contributed by atoms with Crippen molar-refractivity contribution in [3.8, 4) is 0 Å². The van der Waals surface area contributed by atoms with Crippen LogP contribution in [0.4, 0.5) is 21.0 Å². The van der Waals surface area contributed by atoms with Gasteiger partial charge >= 0.3 is 18.0 Å². The molecule has 0 spiro atoms. The summed E-state index contributed by atoms with van der Waals surface area (Å²) in [4.78, 5) is 40.1. The number of carbonyl (C=O) groups excluding carboxylic acids is 3. The van der Waals surface area contributed by atoms with Crippen molar-refractivity contribution in [1.29, 1.82) is 0 Å². The van der Waals surface area contributed by atoms with Crippen LogP contribution in [0.15, 0.2) is 59.8 Å². The zero-order valence-electron chi connectivity index (χ0n) is 20.4. The second-order valence-electron chi connectivity index (χ2n) is 8.56. The van der Waals surface area contributed by atoms with E-state index in [9.17, 15) is 14.4 Å². The van der Waals surface area contributed by atoms with Crippen molar-refractivity contribution in [2.45, 2.75) is 52.7 Å². The number of hydrogen-bond donors (Lipinski definition) is 3. The Morgan fingerprint density at radius 2 is 1.77 bits per heavy atom. The molecule has 3 rings (SSSR count). The van der Waals surface area contributed by atoms with Gasteiger partial charge in [-0.15, -0.1) is 0 Å². The number of nitrogens with one attached hydrogen (secondary N) is 3. The van der Waals surface area contributed by atoms with Crippen molar-refractivity contribution in [2.75, 3.05) is 17.2 Å². The van der Waals surface area contributed by atoms with Gasteiger partial charge in [-0.25, -0.2) is 14.4 Å². The van der Waals surface area contributed by atoms with Crippen LogP contribution in [0.5, 0.6) is 0 Å². The minimum atomic E-state index is -0.718. The summed E-state index contributed by atoms with van der Waals surface area (Å²) < 4.78 is 5.51. The molecule has 35 heavy (non-hydrogen) atoms. The van der Waals surface area contributed by atoms with E-state index in [1.807, 2.05) is 6.92 Å². The second kappa shape index (κ2) is 11.8. The monoisotopic (exact) mass is 498 g/mol. The van der Waals surface area contributed by atoms with Gasteiger partial charge in [0.25, 0.3) is 0 Å². The topological polar surface area (TPSA) is 99.8 Å². The maximum Gasteiger partial charge on any atom is 0.338 e. The third-order valence-corrected chi connectivity index (χ3v) is 5.69. The summed E-state index contributed by atoms with van der Waals surface area (Å²) in [7, 11) is 0. The molecule has 0 saturated heterocycles. The summed E-state index contributed by atoms with van der Waals surface area (Å²) in [6.07, 6.45) is 1.41. The lowest BCUT2D eigenvalue weighted by molar-refractivity contribution is -0.143. The molecule has 186 valence electrons. The molecule has 2 aromatic rings. The summed E-state index contributed by atoms with van der Waals surface area (Å²) in [5, 5.41) is 8.95. The summed E-state index contributed by atoms with van der Waals surface area (Å²) in [5.74, 6) is -0.485. The Hall–Kier alpha value is -3.52. The van der Waals surface area contributed by atoms with Gasteiger partial charge in [0, 0.05) is 28.6 Å². The van der Waals surface area contributed by atoms with E-state index in [2.05, 4.69) is 16.0 Å². The summed E-state index contributed by atoms with van der Waals surface area (Å²) in [5.41, 5.74) is 2.63. The third kappa shape index (κ3) is 6.76. The van der Waals surface area contributed by atoms with Crippen LogP contribution in [0, 0.1) is 0 Å². The molecule has 0 radical (unpaired) electrons. The lowest BCUT2D eigenvalue weighted by atomic mass is 9.94. The van der Waals surface area contributed by atoms with Gasteiger partial charge in [0.15, 0.2) is 0 Å². The Bertz CT molecular complexity index is 1130. The van der Waals surface area contributed by atoms with Crippen molar-refractivity contribution in [2.24, 2.45) is 0 Å². The lowest BCUT2D eigenvalue weighted by Gasteiger charge is -2.35. The van der Waals surface area contributed by atoms with Gasteiger partial charge in [0.05, 0.1) is 17.7 Å². The SMILES string of the molecule is CCCCN1C(=O)NC(c2cccc(NC(=O)Nc3cccc(Cl)c3)c2)C(C(=O)OC(C)C)=C1C. The number of rotatable bonds is 8. The van der Waals surface area contributed by atoms with Crippen LogP contribution < -0.4 is 16.0 Å². The van der Waals surface area contributed by atoms with E-state index in [-0.39, 0.29) is 12.1 Å². The van der Waals surface area contributed by atoms with Gasteiger partial charge in [0.1, 0.15) is 0 Å². The third-order valence-electron chi connectivity index (χ3n) is 5.45. The van der Waals surface area contributed by atoms with Gasteiger partial charge in [0.2, 0.25) is 0 Å². The highest BCUT2D eigenvalue weighted by atomic mass is 35.5. The fourth-order valence-electron chi connectivity index (χ4n) is 3.81. The van der Waals surface area contributed by atoms with E-state index >= 15 is 0 Å². The smallest absolute Gasteiger partial charge is 0.338 e. The Morgan fingerprint density at radius 3 is 2.40 bits per heavy atom. The number of benzene rings is 2. The van der Waals surface area contributed by atoms with E-state index in [4.69, 9.17) is 16.3 Å². The Kier molecular flexibility index (Phi) is 8.76. The van der Waals surface area contributed by atoms with Crippen molar-refractivity contribution in [3.05, 3.63) is 70.4 Å². The number of anilines is 2. The van der Waals surface area contributed by atoms with Crippen molar-refractivity contribution >= 4 is 41.0 Å². The molecule has 0 fully saturated rings. The summed E-state index contributed by atoms with van der Waals surface area (Å²) in [6, 6.07) is 12.4. The highest BCUT2D eigenvalue weighted by molar-refractivity contribution is 6.30. The van der Waals surface area contributed by atoms with Gasteiger partial charge in [-0.05, 0) is 63.1 Å². The number of halogens is 1. The fourth-order valence-corrected chi connectivity index (χ4v) is 4.00. The minimum Gasteiger partial charge on any atom is -0.459 e. The van der Waals surface area contributed by atoms with Crippen LogP contribution in [0.25, 0.3) is 0 Å².